The topological polar surface area (TPSA) is 17.1 Å². The fourth-order valence-electron chi connectivity index (χ4n) is 2.27. The number of Topliss-reactive ketones (excluding diaryl/α,β-unsaturated/α-hetero) is 1. The highest BCUT2D eigenvalue weighted by molar-refractivity contribution is 6.52. The van der Waals surface area contributed by atoms with Gasteiger partial charge in [0.1, 0.15) is 7.28 Å². The van der Waals surface area contributed by atoms with Crippen LogP contribution in [0.5, 0.6) is 0 Å². The first-order chi connectivity index (χ1) is 9.17. The van der Waals surface area contributed by atoms with Gasteiger partial charge < -0.3 is 0 Å². The lowest BCUT2D eigenvalue weighted by Crippen LogP contribution is -2.13. The molecule has 0 aliphatic rings. The zero-order valence-electron chi connectivity index (χ0n) is 11.7. The average molecular weight is 249 g/mol. The predicted molar refractivity (Wildman–Crippen MR) is 82.5 cm³/mol. The summed E-state index contributed by atoms with van der Waals surface area (Å²) >= 11 is 0. The van der Waals surface area contributed by atoms with Crippen molar-refractivity contribution in [2.75, 3.05) is 0 Å². The first kappa shape index (κ1) is 13.6. The van der Waals surface area contributed by atoms with Gasteiger partial charge in [0.2, 0.25) is 0 Å². The third-order valence-electron chi connectivity index (χ3n) is 3.43. The number of carbonyl (C=O) groups is 1. The van der Waals surface area contributed by atoms with E-state index in [9.17, 15) is 4.79 Å². The van der Waals surface area contributed by atoms with Crippen molar-refractivity contribution >= 4 is 18.5 Å². The van der Waals surface area contributed by atoms with E-state index in [0.29, 0.717) is 6.42 Å². The molecule has 0 bridgehead atoms. The van der Waals surface area contributed by atoms with Gasteiger partial charge in [0, 0.05) is 12.0 Å². The summed E-state index contributed by atoms with van der Waals surface area (Å²) in [4.78, 5) is 12.1. The van der Waals surface area contributed by atoms with Gasteiger partial charge in [-0.3, -0.25) is 4.79 Å². The predicted octanol–water partition coefficient (Wildman–Crippen LogP) is 3.63. The van der Waals surface area contributed by atoms with E-state index < -0.39 is 0 Å². The van der Waals surface area contributed by atoms with Crippen molar-refractivity contribution in [3.8, 4) is 11.1 Å². The van der Waals surface area contributed by atoms with Crippen molar-refractivity contribution in [1.29, 1.82) is 0 Å². The van der Waals surface area contributed by atoms with Crippen LogP contribution in [-0.2, 0) is 0 Å². The normalized spacial score (nSPS) is 10.3. The van der Waals surface area contributed by atoms with Crippen LogP contribution >= 0.6 is 0 Å². The van der Waals surface area contributed by atoms with Crippen LogP contribution in [0.15, 0.2) is 42.5 Å². The van der Waals surface area contributed by atoms with E-state index in [2.05, 4.69) is 32.4 Å². The second-order valence-electron chi connectivity index (χ2n) is 4.69. The molecule has 95 valence electrons. The molecule has 0 aliphatic heterocycles. The highest BCUT2D eigenvalue weighted by atomic mass is 16.1. The molecule has 2 aromatic rings. The zero-order valence-corrected chi connectivity index (χ0v) is 11.7. The second-order valence-corrected chi connectivity index (χ2v) is 4.69. The molecule has 0 aromatic heterocycles. The van der Waals surface area contributed by atoms with Crippen molar-refractivity contribution < 1.29 is 4.79 Å². The maximum Gasteiger partial charge on any atom is 0.163 e. The molecule has 0 aliphatic carbocycles. The van der Waals surface area contributed by atoms with E-state index >= 15 is 0 Å². The maximum atomic E-state index is 12.1. The Hall–Kier alpha value is -1.83. The Bertz CT molecular complexity index is 602. The Morgan fingerprint density at radius 2 is 1.84 bits per heavy atom. The average Bonchev–Trinajstić information content (AvgIpc) is 2.46. The van der Waals surface area contributed by atoms with Gasteiger partial charge in [-0.25, -0.2) is 0 Å². The van der Waals surface area contributed by atoms with E-state index in [4.69, 9.17) is 0 Å². The molecule has 0 atom stereocenters. The van der Waals surface area contributed by atoms with Crippen LogP contribution in [0.25, 0.3) is 11.1 Å². The van der Waals surface area contributed by atoms with Gasteiger partial charge in [0.05, 0.1) is 0 Å². The fourth-order valence-corrected chi connectivity index (χ4v) is 2.27. The monoisotopic (exact) mass is 249 g/mol. The van der Waals surface area contributed by atoms with Gasteiger partial charge in [0.25, 0.3) is 0 Å². The van der Waals surface area contributed by atoms with Crippen LogP contribution in [0.3, 0.4) is 0 Å². The third-order valence-corrected chi connectivity index (χ3v) is 3.43. The number of benzene rings is 2. The van der Waals surface area contributed by atoms with E-state index in [1.165, 1.54) is 5.56 Å². The first-order valence-electron chi connectivity index (χ1n) is 6.70. The van der Waals surface area contributed by atoms with Gasteiger partial charge in [-0.15, -0.1) is 0 Å². The molecule has 0 amide bonds. The summed E-state index contributed by atoms with van der Waals surface area (Å²) in [6.45, 7) is 6.00. The molecule has 1 radical (unpaired) electrons. The van der Waals surface area contributed by atoms with E-state index in [-0.39, 0.29) is 5.78 Å². The lowest BCUT2D eigenvalue weighted by molar-refractivity contribution is 0.0989. The zero-order chi connectivity index (χ0) is 13.8. The number of ketones is 1. The van der Waals surface area contributed by atoms with E-state index in [0.717, 1.165) is 22.2 Å². The van der Waals surface area contributed by atoms with Crippen LogP contribution in [0.1, 0.15) is 29.3 Å². The third kappa shape index (κ3) is 2.78. The Kier molecular flexibility index (Phi) is 4.21. The summed E-state index contributed by atoms with van der Waals surface area (Å²) in [6.07, 6.45) is 0.536. The van der Waals surface area contributed by atoms with Gasteiger partial charge in [-0.2, -0.15) is 0 Å². The molecule has 2 rings (SSSR count). The molecule has 0 spiro atoms. The minimum Gasteiger partial charge on any atom is -0.294 e. The fraction of sp³-hybridized carbons (Fsp3) is 0.235. The molecular weight excluding hydrogens is 231 g/mol. The number of aryl methyl sites for hydroxylation is 1. The Labute approximate surface area is 115 Å². The second kappa shape index (κ2) is 5.88. The van der Waals surface area contributed by atoms with Crippen LogP contribution in [0, 0.1) is 6.92 Å². The van der Waals surface area contributed by atoms with Crippen LogP contribution in [0.2, 0.25) is 6.82 Å². The molecule has 0 N–H and O–H groups in total. The highest BCUT2D eigenvalue weighted by Gasteiger charge is 2.13. The summed E-state index contributed by atoms with van der Waals surface area (Å²) in [7, 11) is 2.06. The van der Waals surface area contributed by atoms with Crippen LogP contribution in [0.4, 0.5) is 0 Å². The summed E-state index contributed by atoms with van der Waals surface area (Å²) in [6, 6.07) is 14.3. The van der Waals surface area contributed by atoms with Crippen LogP contribution < -0.4 is 5.46 Å². The maximum absolute atomic E-state index is 12.1. The minimum atomic E-state index is 0.195. The van der Waals surface area contributed by atoms with Gasteiger partial charge >= 0.3 is 0 Å². The molecule has 0 fully saturated rings. The molecule has 2 heteroatoms. The van der Waals surface area contributed by atoms with Crippen LogP contribution in [-0.4, -0.2) is 13.1 Å². The minimum absolute atomic E-state index is 0.195. The lowest BCUT2D eigenvalue weighted by atomic mass is 9.72. The summed E-state index contributed by atoms with van der Waals surface area (Å²) < 4.78 is 0. The van der Waals surface area contributed by atoms with E-state index in [1.54, 1.807) is 0 Å². The van der Waals surface area contributed by atoms with Crippen molar-refractivity contribution in [1.82, 2.24) is 0 Å². The SMILES string of the molecule is C[B]c1ccc(C(=O)CC)c(-c2ccccc2C)c1. The summed E-state index contributed by atoms with van der Waals surface area (Å²) in [5.41, 5.74) is 5.35. The molecule has 0 saturated heterocycles. The smallest absolute Gasteiger partial charge is 0.163 e. The van der Waals surface area contributed by atoms with Gasteiger partial charge in [-0.05, 0) is 23.6 Å². The Balaban J connectivity index is 2.65. The van der Waals surface area contributed by atoms with Crippen molar-refractivity contribution in [3.63, 3.8) is 0 Å². The molecule has 19 heavy (non-hydrogen) atoms. The van der Waals surface area contributed by atoms with Gasteiger partial charge in [0.15, 0.2) is 5.78 Å². The van der Waals surface area contributed by atoms with Crippen molar-refractivity contribution in [3.05, 3.63) is 53.6 Å². The molecular formula is C17H18BO. The molecule has 0 saturated carbocycles. The Morgan fingerprint density at radius 3 is 2.47 bits per heavy atom. The summed E-state index contributed by atoms with van der Waals surface area (Å²) in [5.74, 6) is 0.195. The standard InChI is InChI=1S/C17H18BO/c1-4-17(19)15-10-9-13(18-3)11-16(15)14-8-6-5-7-12(14)2/h5-11H,4H2,1-3H3. The van der Waals surface area contributed by atoms with Gasteiger partial charge in [-0.1, -0.05) is 61.7 Å². The first-order valence-corrected chi connectivity index (χ1v) is 6.70. The largest absolute Gasteiger partial charge is 0.294 e. The molecule has 1 nitrogen and oxygen atoms in total. The number of hydrogen-bond donors (Lipinski definition) is 0. The quantitative estimate of drug-likeness (QED) is 0.597. The number of carbonyl (C=O) groups excluding carboxylic acids is 1. The highest BCUT2D eigenvalue weighted by Crippen LogP contribution is 2.26. The molecule has 2 aromatic carbocycles. The van der Waals surface area contributed by atoms with E-state index in [1.807, 2.05) is 38.0 Å². The van der Waals surface area contributed by atoms with Crippen molar-refractivity contribution in [2.45, 2.75) is 27.1 Å². The lowest BCUT2D eigenvalue weighted by Gasteiger charge is -2.12. The number of rotatable bonds is 4. The Morgan fingerprint density at radius 1 is 1.11 bits per heavy atom. The van der Waals surface area contributed by atoms with Crippen molar-refractivity contribution in [2.24, 2.45) is 0 Å². The molecule has 0 heterocycles. The molecule has 0 unspecified atom stereocenters. The number of hydrogen-bond acceptors (Lipinski definition) is 1. The summed E-state index contributed by atoms with van der Waals surface area (Å²) in [5, 5.41) is 0.